The molecule has 0 saturated carbocycles. The third kappa shape index (κ3) is 3.67. The maximum absolute atomic E-state index is 12.9. The molecule has 1 aromatic carbocycles. The Bertz CT molecular complexity index is 1030. The van der Waals surface area contributed by atoms with E-state index in [-0.39, 0.29) is 11.3 Å². The smallest absolute Gasteiger partial charge is 0.295 e. The number of nitrogens with zero attached hydrogens (tertiary/aromatic N) is 4. The van der Waals surface area contributed by atoms with E-state index in [0.29, 0.717) is 30.8 Å². The summed E-state index contributed by atoms with van der Waals surface area (Å²) in [5.74, 6) is -1.50. The number of rotatable bonds is 6. The number of aromatic nitrogens is 3. The van der Waals surface area contributed by atoms with Crippen LogP contribution in [-0.4, -0.2) is 42.8 Å². The van der Waals surface area contributed by atoms with Gasteiger partial charge in [-0.05, 0) is 18.6 Å². The lowest BCUT2D eigenvalue weighted by Gasteiger charge is -2.24. The van der Waals surface area contributed by atoms with Gasteiger partial charge in [-0.15, -0.1) is 0 Å². The number of likely N-dealkylation sites (tertiary alicyclic amines) is 1. The molecule has 0 aliphatic carbocycles. The molecule has 1 amide bonds. The van der Waals surface area contributed by atoms with Gasteiger partial charge in [0.1, 0.15) is 11.8 Å². The van der Waals surface area contributed by atoms with Gasteiger partial charge in [0, 0.05) is 37.2 Å². The summed E-state index contributed by atoms with van der Waals surface area (Å²) in [6.07, 6.45) is 7.50. The predicted octanol–water partition coefficient (Wildman–Crippen LogP) is 2.79. The highest BCUT2D eigenvalue weighted by molar-refractivity contribution is 6.46. The van der Waals surface area contributed by atoms with Crippen molar-refractivity contribution in [2.75, 3.05) is 6.54 Å². The van der Waals surface area contributed by atoms with Gasteiger partial charge in [-0.1, -0.05) is 36.4 Å². The fourth-order valence-corrected chi connectivity index (χ4v) is 3.55. The van der Waals surface area contributed by atoms with Gasteiger partial charge in [-0.25, -0.2) is 4.98 Å². The molecule has 7 nitrogen and oxygen atoms in total. The number of Topliss-reactive ketones (excluding diaryl/α,β-unsaturated/α-hetero) is 1. The number of hydrogen-bond donors (Lipinski definition) is 1. The Kier molecular flexibility index (Phi) is 5.20. The van der Waals surface area contributed by atoms with E-state index in [4.69, 9.17) is 0 Å². The highest BCUT2D eigenvalue weighted by atomic mass is 16.3. The van der Waals surface area contributed by atoms with Crippen LogP contribution in [0.4, 0.5) is 0 Å². The summed E-state index contributed by atoms with van der Waals surface area (Å²) in [6.45, 7) is 1.02. The fraction of sp³-hybridized carbons (Fsp3) is 0.182. The Morgan fingerprint density at radius 3 is 2.48 bits per heavy atom. The Morgan fingerprint density at radius 2 is 1.79 bits per heavy atom. The van der Waals surface area contributed by atoms with Crippen LogP contribution in [0.3, 0.4) is 0 Å². The molecule has 4 rings (SSSR count). The number of amides is 1. The van der Waals surface area contributed by atoms with E-state index in [1.54, 1.807) is 61.2 Å². The minimum absolute atomic E-state index is 0.0718. The summed E-state index contributed by atoms with van der Waals surface area (Å²) in [7, 11) is 0. The third-order valence-corrected chi connectivity index (χ3v) is 4.93. The quantitative estimate of drug-likeness (QED) is 0.399. The van der Waals surface area contributed by atoms with Crippen molar-refractivity contribution in [3.8, 4) is 0 Å². The monoisotopic (exact) mass is 388 g/mol. The number of imidazole rings is 1. The number of carbonyl (C=O) groups excluding carboxylic acids is 2. The van der Waals surface area contributed by atoms with Crippen LogP contribution in [-0.2, 0) is 16.1 Å². The predicted molar refractivity (Wildman–Crippen MR) is 107 cm³/mol. The molecule has 146 valence electrons. The summed E-state index contributed by atoms with van der Waals surface area (Å²) in [5.41, 5.74) is 1.11. The van der Waals surface area contributed by atoms with Gasteiger partial charge < -0.3 is 14.6 Å². The van der Waals surface area contributed by atoms with Crippen LogP contribution in [0.2, 0.25) is 0 Å². The number of ketones is 1. The SMILES string of the molecule is O=C1C(=O)N(CCCn2ccnc2)[C@H](c2ccccn2)C1=C(O)c1ccccc1. The Morgan fingerprint density at radius 1 is 1.00 bits per heavy atom. The first-order valence-corrected chi connectivity index (χ1v) is 9.37. The molecular weight excluding hydrogens is 368 g/mol. The molecular formula is C22H20N4O3. The van der Waals surface area contributed by atoms with Crippen molar-refractivity contribution < 1.29 is 14.7 Å². The van der Waals surface area contributed by atoms with Crippen LogP contribution in [0.25, 0.3) is 5.76 Å². The molecule has 2 aromatic heterocycles. The molecule has 1 atom stereocenters. The van der Waals surface area contributed by atoms with Crippen LogP contribution in [0, 0.1) is 0 Å². The molecule has 29 heavy (non-hydrogen) atoms. The zero-order valence-electron chi connectivity index (χ0n) is 15.7. The maximum Gasteiger partial charge on any atom is 0.295 e. The minimum atomic E-state index is -0.723. The molecule has 3 heterocycles. The van der Waals surface area contributed by atoms with Crippen LogP contribution in [0.5, 0.6) is 0 Å². The molecule has 1 N–H and O–H groups in total. The van der Waals surface area contributed by atoms with Crippen LogP contribution < -0.4 is 0 Å². The lowest BCUT2D eigenvalue weighted by molar-refractivity contribution is -0.140. The van der Waals surface area contributed by atoms with E-state index in [9.17, 15) is 14.7 Å². The van der Waals surface area contributed by atoms with Gasteiger partial charge in [0.25, 0.3) is 11.7 Å². The molecule has 7 heteroatoms. The van der Waals surface area contributed by atoms with E-state index in [0.717, 1.165) is 0 Å². The van der Waals surface area contributed by atoms with Gasteiger partial charge in [0.2, 0.25) is 0 Å². The van der Waals surface area contributed by atoms with E-state index in [2.05, 4.69) is 9.97 Å². The summed E-state index contributed by atoms with van der Waals surface area (Å²) in [5, 5.41) is 10.9. The van der Waals surface area contributed by atoms with Gasteiger partial charge in [-0.3, -0.25) is 14.6 Å². The Balaban J connectivity index is 1.70. The number of benzene rings is 1. The van der Waals surface area contributed by atoms with Crippen molar-refractivity contribution in [2.24, 2.45) is 0 Å². The molecule has 1 fully saturated rings. The lowest BCUT2D eigenvalue weighted by atomic mass is 9.98. The standard InChI is InChI=1S/C22H20N4O3/c27-20(16-7-2-1-3-8-16)18-19(17-9-4-5-10-24-17)26(22(29)21(18)28)13-6-12-25-14-11-23-15-25/h1-5,7-11,14-15,19,27H,6,12-13H2/t19-/m1/s1. The maximum atomic E-state index is 12.9. The second-order valence-corrected chi connectivity index (χ2v) is 6.77. The van der Waals surface area contributed by atoms with Crippen molar-refractivity contribution in [3.63, 3.8) is 0 Å². The van der Waals surface area contributed by atoms with E-state index < -0.39 is 17.7 Å². The first-order valence-electron chi connectivity index (χ1n) is 9.37. The molecule has 0 radical (unpaired) electrons. The molecule has 3 aromatic rings. The molecule has 0 spiro atoms. The molecule has 1 saturated heterocycles. The fourth-order valence-electron chi connectivity index (χ4n) is 3.55. The van der Waals surface area contributed by atoms with Crippen molar-refractivity contribution in [1.29, 1.82) is 0 Å². The second-order valence-electron chi connectivity index (χ2n) is 6.77. The normalized spacial score (nSPS) is 18.3. The first kappa shape index (κ1) is 18.6. The third-order valence-electron chi connectivity index (χ3n) is 4.93. The number of aliphatic hydroxyl groups excluding tert-OH is 1. The Hall–Kier alpha value is -3.74. The molecule has 1 aliphatic heterocycles. The summed E-state index contributed by atoms with van der Waals surface area (Å²) in [4.78, 5) is 35.5. The van der Waals surface area contributed by atoms with Gasteiger partial charge in [0.05, 0.1) is 17.6 Å². The highest BCUT2D eigenvalue weighted by Gasteiger charge is 2.46. The molecule has 1 aliphatic rings. The Labute approximate surface area is 168 Å². The van der Waals surface area contributed by atoms with Crippen LogP contribution >= 0.6 is 0 Å². The van der Waals surface area contributed by atoms with Crippen LogP contribution in [0.15, 0.2) is 79.0 Å². The van der Waals surface area contributed by atoms with Gasteiger partial charge >= 0.3 is 0 Å². The lowest BCUT2D eigenvalue weighted by Crippen LogP contribution is -2.31. The average Bonchev–Trinajstić information content (AvgIpc) is 3.37. The summed E-state index contributed by atoms with van der Waals surface area (Å²) in [6, 6.07) is 13.4. The number of hydrogen-bond acceptors (Lipinski definition) is 5. The molecule has 0 bridgehead atoms. The topological polar surface area (TPSA) is 88.3 Å². The van der Waals surface area contributed by atoms with Gasteiger partial charge in [0.15, 0.2) is 0 Å². The number of carbonyl (C=O) groups is 2. The minimum Gasteiger partial charge on any atom is -0.507 e. The van der Waals surface area contributed by atoms with Crippen molar-refractivity contribution >= 4 is 17.4 Å². The van der Waals surface area contributed by atoms with Crippen molar-refractivity contribution in [2.45, 2.75) is 19.0 Å². The molecule has 0 unspecified atom stereocenters. The highest BCUT2D eigenvalue weighted by Crippen LogP contribution is 2.38. The van der Waals surface area contributed by atoms with Gasteiger partial charge in [-0.2, -0.15) is 0 Å². The van der Waals surface area contributed by atoms with E-state index in [1.807, 2.05) is 16.8 Å². The van der Waals surface area contributed by atoms with Crippen molar-refractivity contribution in [1.82, 2.24) is 19.4 Å². The number of aryl methyl sites for hydroxylation is 1. The zero-order chi connectivity index (χ0) is 20.2. The number of aliphatic hydroxyl groups is 1. The summed E-state index contributed by atoms with van der Waals surface area (Å²) < 4.78 is 1.91. The van der Waals surface area contributed by atoms with Crippen LogP contribution in [0.1, 0.15) is 23.7 Å². The largest absolute Gasteiger partial charge is 0.507 e. The second kappa shape index (κ2) is 8.10. The van der Waals surface area contributed by atoms with E-state index >= 15 is 0 Å². The first-order chi connectivity index (χ1) is 14.2. The number of pyridine rings is 1. The average molecular weight is 388 g/mol. The van der Waals surface area contributed by atoms with E-state index in [1.165, 1.54) is 4.90 Å². The zero-order valence-corrected chi connectivity index (χ0v) is 15.7. The summed E-state index contributed by atoms with van der Waals surface area (Å²) >= 11 is 0. The van der Waals surface area contributed by atoms with Crippen molar-refractivity contribution in [3.05, 3.63) is 90.3 Å².